The lowest BCUT2D eigenvalue weighted by molar-refractivity contribution is -0.126. The third-order valence-corrected chi connectivity index (χ3v) is 4.32. The second-order valence-corrected chi connectivity index (χ2v) is 6.40. The molecule has 0 saturated carbocycles. The summed E-state index contributed by atoms with van der Waals surface area (Å²) in [4.78, 5) is 24.8. The summed E-state index contributed by atoms with van der Waals surface area (Å²) in [6.07, 6.45) is 0.602. The Morgan fingerprint density at radius 1 is 0.889 bits per heavy atom. The first-order valence-corrected chi connectivity index (χ1v) is 8.99. The Labute approximate surface area is 158 Å². The summed E-state index contributed by atoms with van der Waals surface area (Å²) in [6.45, 7) is 0.246. The van der Waals surface area contributed by atoms with Crippen molar-refractivity contribution in [3.05, 3.63) is 78.4 Å². The van der Waals surface area contributed by atoms with Crippen molar-refractivity contribution in [1.29, 1.82) is 0 Å². The van der Waals surface area contributed by atoms with Gasteiger partial charge in [-0.15, -0.1) is 0 Å². The molecule has 0 aliphatic carbocycles. The SMILES string of the molecule is NCCC(=O)NC(Cc1ccccc1)C(=O)Nc1ccc2ccccc2c1. The molecule has 3 rings (SSSR count). The maximum atomic E-state index is 12.8. The molecule has 0 bridgehead atoms. The van der Waals surface area contributed by atoms with Gasteiger partial charge >= 0.3 is 0 Å². The van der Waals surface area contributed by atoms with Crippen LogP contribution in [0, 0.1) is 0 Å². The summed E-state index contributed by atoms with van der Waals surface area (Å²) in [6, 6.07) is 22.6. The molecular weight excluding hydrogens is 338 g/mol. The Balaban J connectivity index is 1.76. The molecule has 5 heteroatoms. The van der Waals surface area contributed by atoms with Crippen molar-refractivity contribution >= 4 is 28.3 Å². The Morgan fingerprint density at radius 3 is 2.33 bits per heavy atom. The minimum absolute atomic E-state index is 0.189. The Kier molecular flexibility index (Phi) is 6.18. The van der Waals surface area contributed by atoms with E-state index in [9.17, 15) is 9.59 Å². The smallest absolute Gasteiger partial charge is 0.247 e. The maximum absolute atomic E-state index is 12.8. The minimum atomic E-state index is -0.669. The Morgan fingerprint density at radius 2 is 1.59 bits per heavy atom. The average molecular weight is 361 g/mol. The maximum Gasteiger partial charge on any atom is 0.247 e. The van der Waals surface area contributed by atoms with Crippen molar-refractivity contribution in [2.45, 2.75) is 18.9 Å². The molecule has 0 aliphatic rings. The van der Waals surface area contributed by atoms with Gasteiger partial charge in [-0.3, -0.25) is 9.59 Å². The van der Waals surface area contributed by atoms with E-state index in [-0.39, 0.29) is 24.8 Å². The number of carbonyl (C=O) groups is 2. The summed E-state index contributed by atoms with van der Waals surface area (Å²) >= 11 is 0. The van der Waals surface area contributed by atoms with Gasteiger partial charge in [-0.05, 0) is 28.5 Å². The largest absolute Gasteiger partial charge is 0.344 e. The fourth-order valence-corrected chi connectivity index (χ4v) is 2.95. The van der Waals surface area contributed by atoms with Gasteiger partial charge in [0.1, 0.15) is 6.04 Å². The van der Waals surface area contributed by atoms with Gasteiger partial charge in [0.25, 0.3) is 0 Å². The van der Waals surface area contributed by atoms with E-state index in [1.54, 1.807) is 0 Å². The predicted molar refractivity (Wildman–Crippen MR) is 108 cm³/mol. The third kappa shape index (κ3) is 5.15. The summed E-state index contributed by atoms with van der Waals surface area (Å²) < 4.78 is 0. The van der Waals surface area contributed by atoms with Gasteiger partial charge in [0.05, 0.1) is 0 Å². The van der Waals surface area contributed by atoms with Crippen molar-refractivity contribution < 1.29 is 9.59 Å². The number of hydrogen-bond acceptors (Lipinski definition) is 3. The highest BCUT2D eigenvalue weighted by atomic mass is 16.2. The molecule has 0 aromatic heterocycles. The number of rotatable bonds is 7. The molecule has 0 aliphatic heterocycles. The number of anilines is 1. The molecule has 138 valence electrons. The number of nitrogens with one attached hydrogen (secondary N) is 2. The third-order valence-electron chi connectivity index (χ3n) is 4.32. The fourth-order valence-electron chi connectivity index (χ4n) is 2.95. The number of amides is 2. The number of hydrogen-bond donors (Lipinski definition) is 3. The van der Waals surface area contributed by atoms with E-state index in [0.29, 0.717) is 12.1 Å². The van der Waals surface area contributed by atoms with Crippen molar-refractivity contribution in [3.63, 3.8) is 0 Å². The average Bonchev–Trinajstić information content (AvgIpc) is 2.68. The van der Waals surface area contributed by atoms with Crippen LogP contribution in [0.15, 0.2) is 72.8 Å². The Bertz CT molecular complexity index is 925. The van der Waals surface area contributed by atoms with Crippen LogP contribution >= 0.6 is 0 Å². The lowest BCUT2D eigenvalue weighted by Gasteiger charge is -2.19. The van der Waals surface area contributed by atoms with Gasteiger partial charge < -0.3 is 16.4 Å². The molecule has 5 nitrogen and oxygen atoms in total. The molecule has 0 spiro atoms. The van der Waals surface area contributed by atoms with E-state index in [1.807, 2.05) is 72.8 Å². The van der Waals surface area contributed by atoms with Crippen LogP contribution in [0.2, 0.25) is 0 Å². The van der Waals surface area contributed by atoms with Crippen molar-refractivity contribution in [1.82, 2.24) is 5.32 Å². The van der Waals surface area contributed by atoms with E-state index in [0.717, 1.165) is 16.3 Å². The standard InChI is InChI=1S/C22H23N3O2/c23-13-12-21(26)25-20(14-16-6-2-1-3-7-16)22(27)24-19-11-10-17-8-4-5-9-18(17)15-19/h1-11,15,20H,12-14,23H2,(H,24,27)(H,25,26). The zero-order valence-electron chi connectivity index (χ0n) is 15.0. The van der Waals surface area contributed by atoms with Crippen LogP contribution in [0.4, 0.5) is 5.69 Å². The highest BCUT2D eigenvalue weighted by Gasteiger charge is 2.21. The molecule has 27 heavy (non-hydrogen) atoms. The second-order valence-electron chi connectivity index (χ2n) is 6.40. The number of benzene rings is 3. The van der Waals surface area contributed by atoms with Gasteiger partial charge in [-0.25, -0.2) is 0 Å². The topological polar surface area (TPSA) is 84.2 Å². The summed E-state index contributed by atoms with van der Waals surface area (Å²) in [5.74, 6) is -0.480. The van der Waals surface area contributed by atoms with Crippen LogP contribution in [0.3, 0.4) is 0 Å². The molecule has 0 saturated heterocycles. The van der Waals surface area contributed by atoms with Gasteiger partial charge in [0.15, 0.2) is 0 Å². The predicted octanol–water partition coefficient (Wildman–Crippen LogP) is 2.85. The Hall–Kier alpha value is -3.18. The van der Waals surface area contributed by atoms with Gasteiger partial charge in [0, 0.05) is 25.1 Å². The molecule has 1 atom stereocenters. The number of carbonyl (C=O) groups excluding carboxylic acids is 2. The van der Waals surface area contributed by atoms with E-state index >= 15 is 0 Å². The molecule has 3 aromatic carbocycles. The molecule has 0 fully saturated rings. The summed E-state index contributed by atoms with van der Waals surface area (Å²) in [5.41, 5.74) is 7.12. The van der Waals surface area contributed by atoms with Crippen molar-refractivity contribution in [3.8, 4) is 0 Å². The molecule has 3 aromatic rings. The zero-order chi connectivity index (χ0) is 19.1. The molecule has 0 heterocycles. The van der Waals surface area contributed by atoms with Crippen LogP contribution in [-0.2, 0) is 16.0 Å². The first-order chi connectivity index (χ1) is 13.2. The lowest BCUT2D eigenvalue weighted by Crippen LogP contribution is -2.45. The summed E-state index contributed by atoms with van der Waals surface area (Å²) in [7, 11) is 0. The fraction of sp³-hybridized carbons (Fsp3) is 0.182. The highest BCUT2D eigenvalue weighted by molar-refractivity contribution is 5.99. The molecule has 4 N–H and O–H groups in total. The van der Waals surface area contributed by atoms with E-state index in [1.165, 1.54) is 0 Å². The van der Waals surface area contributed by atoms with Crippen LogP contribution < -0.4 is 16.4 Å². The first kappa shape index (κ1) is 18.6. The van der Waals surface area contributed by atoms with Crippen molar-refractivity contribution in [2.75, 3.05) is 11.9 Å². The number of fused-ring (bicyclic) bond motifs is 1. The van der Waals surface area contributed by atoms with Gasteiger partial charge in [0.2, 0.25) is 11.8 Å². The lowest BCUT2D eigenvalue weighted by atomic mass is 10.0. The van der Waals surface area contributed by atoms with E-state index in [4.69, 9.17) is 5.73 Å². The number of nitrogens with two attached hydrogens (primary N) is 1. The molecular formula is C22H23N3O2. The quantitative estimate of drug-likeness (QED) is 0.605. The summed E-state index contributed by atoms with van der Waals surface area (Å²) in [5, 5.41) is 7.86. The zero-order valence-corrected chi connectivity index (χ0v) is 15.0. The normalized spacial score (nSPS) is 11.7. The highest BCUT2D eigenvalue weighted by Crippen LogP contribution is 2.19. The molecule has 2 amide bonds. The molecule has 0 radical (unpaired) electrons. The van der Waals surface area contributed by atoms with Crippen molar-refractivity contribution in [2.24, 2.45) is 5.73 Å². The van der Waals surface area contributed by atoms with Gasteiger partial charge in [-0.1, -0.05) is 60.7 Å². The minimum Gasteiger partial charge on any atom is -0.344 e. The van der Waals surface area contributed by atoms with E-state index in [2.05, 4.69) is 10.6 Å². The molecule has 1 unspecified atom stereocenters. The van der Waals surface area contributed by atoms with E-state index < -0.39 is 6.04 Å². The second kappa shape index (κ2) is 8.96. The van der Waals surface area contributed by atoms with Crippen LogP contribution in [0.25, 0.3) is 10.8 Å². The van der Waals surface area contributed by atoms with Crippen LogP contribution in [0.1, 0.15) is 12.0 Å². The first-order valence-electron chi connectivity index (χ1n) is 8.99. The van der Waals surface area contributed by atoms with Crippen LogP contribution in [-0.4, -0.2) is 24.4 Å². The van der Waals surface area contributed by atoms with Crippen LogP contribution in [0.5, 0.6) is 0 Å². The van der Waals surface area contributed by atoms with Gasteiger partial charge in [-0.2, -0.15) is 0 Å². The monoisotopic (exact) mass is 361 g/mol.